The molecule has 0 aromatic rings. The molecule has 5 heteroatoms. The van der Waals surface area contributed by atoms with Gasteiger partial charge < -0.3 is 15.3 Å². The lowest BCUT2D eigenvalue weighted by molar-refractivity contribution is 0.117. The Morgan fingerprint density at radius 3 is 2.32 bits per heavy atom. The highest BCUT2D eigenvalue weighted by atomic mass is 16.3. The third kappa shape index (κ3) is 5.37. The Labute approximate surface area is 117 Å². The lowest BCUT2D eigenvalue weighted by Crippen LogP contribution is -2.50. The first kappa shape index (κ1) is 16.2. The average molecular weight is 271 g/mol. The van der Waals surface area contributed by atoms with E-state index >= 15 is 0 Å². The first-order valence-corrected chi connectivity index (χ1v) is 7.27. The number of rotatable bonds is 7. The Balaban J connectivity index is 2.38. The average Bonchev–Trinajstić information content (AvgIpc) is 3.15. The molecule has 2 amide bonds. The van der Waals surface area contributed by atoms with Gasteiger partial charge in [0.25, 0.3) is 0 Å². The fourth-order valence-electron chi connectivity index (χ4n) is 2.14. The summed E-state index contributed by atoms with van der Waals surface area (Å²) in [6, 6.07) is 1.04. The van der Waals surface area contributed by atoms with Gasteiger partial charge in [-0.25, -0.2) is 4.79 Å². The van der Waals surface area contributed by atoms with Crippen LogP contribution in [0.5, 0.6) is 0 Å². The van der Waals surface area contributed by atoms with Gasteiger partial charge in [-0.15, -0.1) is 0 Å². The van der Waals surface area contributed by atoms with Crippen molar-refractivity contribution in [3.63, 3.8) is 0 Å². The van der Waals surface area contributed by atoms with Crippen LogP contribution in [0.25, 0.3) is 0 Å². The molecule has 0 heterocycles. The minimum atomic E-state index is -0.500. The minimum Gasteiger partial charge on any atom is -0.392 e. The largest absolute Gasteiger partial charge is 0.392 e. The molecule has 0 spiro atoms. The zero-order valence-electron chi connectivity index (χ0n) is 12.9. The number of likely N-dealkylation sites (N-methyl/N-ethyl adjacent to an activating group) is 1. The molecule has 1 aliphatic rings. The van der Waals surface area contributed by atoms with E-state index in [9.17, 15) is 9.90 Å². The number of hydrogen-bond donors (Lipinski definition) is 2. The summed E-state index contributed by atoms with van der Waals surface area (Å²) in [6.07, 6.45) is 2.05. The van der Waals surface area contributed by atoms with Crippen LogP contribution in [0.1, 0.15) is 40.5 Å². The summed E-state index contributed by atoms with van der Waals surface area (Å²) < 4.78 is 0. The van der Waals surface area contributed by atoms with Crippen LogP contribution in [-0.4, -0.2) is 65.3 Å². The molecule has 0 bridgehead atoms. The van der Waals surface area contributed by atoms with Crippen molar-refractivity contribution in [2.45, 2.75) is 64.8 Å². The molecular formula is C14H29N3O2. The first-order chi connectivity index (χ1) is 8.82. The molecule has 0 radical (unpaired) electrons. The molecule has 1 rings (SSSR count). The summed E-state index contributed by atoms with van der Waals surface area (Å²) in [5.41, 5.74) is 0. The predicted molar refractivity (Wildman–Crippen MR) is 77.2 cm³/mol. The topological polar surface area (TPSA) is 55.8 Å². The number of nitrogens with zero attached hydrogens (tertiary/aromatic N) is 2. The number of carbonyl (C=O) groups is 1. The van der Waals surface area contributed by atoms with Crippen molar-refractivity contribution in [2.75, 3.05) is 20.1 Å². The molecular weight excluding hydrogens is 242 g/mol. The third-order valence-electron chi connectivity index (χ3n) is 3.71. The molecule has 0 saturated heterocycles. The Bertz CT molecular complexity index is 290. The summed E-state index contributed by atoms with van der Waals surface area (Å²) in [7, 11) is 2.12. The summed E-state index contributed by atoms with van der Waals surface area (Å²) in [4.78, 5) is 16.1. The Hall–Kier alpha value is -0.810. The summed E-state index contributed by atoms with van der Waals surface area (Å²) in [5, 5.41) is 12.4. The van der Waals surface area contributed by atoms with Gasteiger partial charge in [0.2, 0.25) is 0 Å². The number of hydrogen-bond acceptors (Lipinski definition) is 3. The number of aliphatic hydroxyl groups is 1. The maximum atomic E-state index is 12.1. The summed E-state index contributed by atoms with van der Waals surface area (Å²) in [5.74, 6) is 0. The van der Waals surface area contributed by atoms with Crippen LogP contribution in [0.3, 0.4) is 0 Å². The molecule has 112 valence electrons. The van der Waals surface area contributed by atoms with Gasteiger partial charge in [0, 0.05) is 31.2 Å². The molecule has 2 N–H and O–H groups in total. The standard InChI is InChI=1S/C14H29N3O2/c1-10(2)17(9-12(4)18)14(19)15-8-11(3)16(5)13-6-7-13/h10-13,18H,6-9H2,1-5H3,(H,15,19). The van der Waals surface area contributed by atoms with E-state index in [0.29, 0.717) is 25.2 Å². The Kier molecular flexibility index (Phi) is 6.07. The zero-order valence-corrected chi connectivity index (χ0v) is 12.9. The fraction of sp³-hybridized carbons (Fsp3) is 0.929. The zero-order chi connectivity index (χ0) is 14.6. The summed E-state index contributed by atoms with van der Waals surface area (Å²) >= 11 is 0. The van der Waals surface area contributed by atoms with E-state index in [1.807, 2.05) is 13.8 Å². The quantitative estimate of drug-likeness (QED) is 0.733. The van der Waals surface area contributed by atoms with Crippen LogP contribution in [0.2, 0.25) is 0 Å². The number of carbonyl (C=O) groups excluding carboxylic acids is 1. The SMILES string of the molecule is CC(O)CN(C(=O)NCC(C)N(C)C1CC1)C(C)C. The Morgan fingerprint density at radius 1 is 1.32 bits per heavy atom. The second-order valence-electron chi connectivity index (χ2n) is 6.03. The van der Waals surface area contributed by atoms with Crippen molar-refractivity contribution in [2.24, 2.45) is 0 Å². The molecule has 19 heavy (non-hydrogen) atoms. The van der Waals surface area contributed by atoms with Crippen molar-refractivity contribution in [3.8, 4) is 0 Å². The van der Waals surface area contributed by atoms with Crippen LogP contribution in [0.4, 0.5) is 4.79 Å². The van der Waals surface area contributed by atoms with E-state index < -0.39 is 6.10 Å². The van der Waals surface area contributed by atoms with Crippen molar-refractivity contribution in [1.29, 1.82) is 0 Å². The van der Waals surface area contributed by atoms with Crippen LogP contribution in [0.15, 0.2) is 0 Å². The molecule has 2 unspecified atom stereocenters. The van der Waals surface area contributed by atoms with Gasteiger partial charge in [-0.1, -0.05) is 0 Å². The van der Waals surface area contributed by atoms with Crippen LogP contribution in [-0.2, 0) is 0 Å². The van der Waals surface area contributed by atoms with Crippen LogP contribution < -0.4 is 5.32 Å². The molecule has 1 saturated carbocycles. The lowest BCUT2D eigenvalue weighted by Gasteiger charge is -2.30. The third-order valence-corrected chi connectivity index (χ3v) is 3.71. The lowest BCUT2D eigenvalue weighted by atomic mass is 10.2. The molecule has 0 aromatic heterocycles. The number of nitrogens with one attached hydrogen (secondary N) is 1. The van der Waals surface area contributed by atoms with Gasteiger partial charge in [-0.05, 0) is 47.6 Å². The van der Waals surface area contributed by atoms with E-state index in [1.54, 1.807) is 11.8 Å². The predicted octanol–water partition coefficient (Wildman–Crippen LogP) is 1.27. The van der Waals surface area contributed by atoms with Gasteiger partial charge in [0.1, 0.15) is 0 Å². The van der Waals surface area contributed by atoms with E-state index in [0.717, 1.165) is 0 Å². The molecule has 0 aromatic carbocycles. The van der Waals surface area contributed by atoms with Crippen molar-refractivity contribution < 1.29 is 9.90 Å². The maximum Gasteiger partial charge on any atom is 0.317 e. The minimum absolute atomic E-state index is 0.0890. The number of urea groups is 1. The first-order valence-electron chi connectivity index (χ1n) is 7.27. The van der Waals surface area contributed by atoms with Crippen molar-refractivity contribution in [3.05, 3.63) is 0 Å². The summed E-state index contributed by atoms with van der Waals surface area (Å²) in [6.45, 7) is 8.77. The second kappa shape index (κ2) is 7.10. The molecule has 5 nitrogen and oxygen atoms in total. The highest BCUT2D eigenvalue weighted by molar-refractivity contribution is 5.74. The maximum absolute atomic E-state index is 12.1. The van der Waals surface area contributed by atoms with Gasteiger partial charge in [-0.3, -0.25) is 4.90 Å². The number of aliphatic hydroxyl groups excluding tert-OH is 1. The monoisotopic (exact) mass is 271 g/mol. The van der Waals surface area contributed by atoms with Gasteiger partial charge >= 0.3 is 6.03 Å². The normalized spacial score (nSPS) is 18.5. The Morgan fingerprint density at radius 2 is 1.89 bits per heavy atom. The van der Waals surface area contributed by atoms with E-state index in [2.05, 4.69) is 24.2 Å². The van der Waals surface area contributed by atoms with E-state index in [-0.39, 0.29) is 12.1 Å². The van der Waals surface area contributed by atoms with Crippen LogP contribution >= 0.6 is 0 Å². The van der Waals surface area contributed by atoms with Gasteiger partial charge in [0.15, 0.2) is 0 Å². The molecule has 1 fully saturated rings. The van der Waals surface area contributed by atoms with Crippen LogP contribution in [0, 0.1) is 0 Å². The smallest absolute Gasteiger partial charge is 0.317 e. The fourth-order valence-corrected chi connectivity index (χ4v) is 2.14. The van der Waals surface area contributed by atoms with E-state index in [4.69, 9.17) is 0 Å². The molecule has 1 aliphatic carbocycles. The van der Waals surface area contributed by atoms with Crippen molar-refractivity contribution >= 4 is 6.03 Å². The second-order valence-corrected chi connectivity index (χ2v) is 6.03. The molecule has 0 aliphatic heterocycles. The van der Waals surface area contributed by atoms with Crippen molar-refractivity contribution in [1.82, 2.24) is 15.1 Å². The number of amides is 2. The highest BCUT2D eigenvalue weighted by Crippen LogP contribution is 2.26. The van der Waals surface area contributed by atoms with Gasteiger partial charge in [-0.2, -0.15) is 0 Å². The molecule has 2 atom stereocenters. The van der Waals surface area contributed by atoms with E-state index in [1.165, 1.54) is 12.8 Å². The van der Waals surface area contributed by atoms with Gasteiger partial charge in [0.05, 0.1) is 6.10 Å². The highest BCUT2D eigenvalue weighted by Gasteiger charge is 2.29.